The molecule has 1 heterocycles. The van der Waals surface area contributed by atoms with Gasteiger partial charge in [-0.05, 0) is 62.1 Å². The number of benzene rings is 2. The Morgan fingerprint density at radius 2 is 1.88 bits per heavy atom. The van der Waals surface area contributed by atoms with E-state index in [0.717, 1.165) is 30.0 Å². The highest BCUT2D eigenvalue weighted by Gasteiger charge is 2.14. The van der Waals surface area contributed by atoms with Crippen LogP contribution in [0.1, 0.15) is 36.9 Å². The molecule has 0 radical (unpaired) electrons. The molecule has 0 aromatic heterocycles. The van der Waals surface area contributed by atoms with Crippen molar-refractivity contribution in [2.24, 2.45) is 0 Å². The minimum Gasteiger partial charge on any atom is -0.484 e. The van der Waals surface area contributed by atoms with Gasteiger partial charge in [-0.2, -0.15) is 0 Å². The monoisotopic (exact) mass is 338 g/mol. The van der Waals surface area contributed by atoms with E-state index in [1.54, 1.807) is 0 Å². The summed E-state index contributed by atoms with van der Waals surface area (Å²) in [7, 11) is 0. The second kappa shape index (κ2) is 8.06. The minimum absolute atomic E-state index is 0.0274. The lowest BCUT2D eigenvalue weighted by Crippen LogP contribution is -2.31. The summed E-state index contributed by atoms with van der Waals surface area (Å²) < 4.78 is 5.55. The Labute approximate surface area is 149 Å². The molecule has 3 rings (SSSR count). The number of hydrogen-bond acceptors (Lipinski definition) is 3. The molecule has 2 aromatic rings. The van der Waals surface area contributed by atoms with Crippen LogP contribution in [0.15, 0.2) is 48.5 Å². The van der Waals surface area contributed by atoms with Gasteiger partial charge in [0.05, 0.1) is 6.04 Å². The van der Waals surface area contributed by atoms with Gasteiger partial charge in [-0.25, -0.2) is 0 Å². The number of carbonyl (C=O) groups excluding carboxylic acids is 1. The Bertz CT molecular complexity index is 706. The van der Waals surface area contributed by atoms with Crippen LogP contribution in [-0.4, -0.2) is 25.6 Å². The molecule has 25 heavy (non-hydrogen) atoms. The number of nitrogens with one attached hydrogen (secondary N) is 1. The van der Waals surface area contributed by atoms with Gasteiger partial charge < -0.3 is 15.0 Å². The standard InChI is InChI=1S/C21H26N2O2/c1-16-6-5-7-20(14-16)25-15-21(24)22-17(2)18-8-10-19(11-9-18)23-12-3-4-13-23/h5-11,14,17H,3-4,12-13,15H2,1-2H3,(H,22,24). The summed E-state index contributed by atoms with van der Waals surface area (Å²) in [4.78, 5) is 14.5. The molecule has 1 amide bonds. The molecular weight excluding hydrogens is 312 g/mol. The molecule has 1 saturated heterocycles. The average Bonchev–Trinajstić information content (AvgIpc) is 3.15. The zero-order valence-corrected chi connectivity index (χ0v) is 15.0. The maximum absolute atomic E-state index is 12.1. The Hall–Kier alpha value is -2.49. The third-order valence-electron chi connectivity index (χ3n) is 4.60. The number of amides is 1. The van der Waals surface area contributed by atoms with Crippen LogP contribution in [0.2, 0.25) is 0 Å². The fraction of sp³-hybridized carbons (Fsp3) is 0.381. The van der Waals surface area contributed by atoms with Crippen LogP contribution in [0.3, 0.4) is 0 Å². The minimum atomic E-state index is -0.113. The summed E-state index contributed by atoms with van der Waals surface area (Å²) in [5.41, 5.74) is 3.48. The van der Waals surface area contributed by atoms with Crippen molar-refractivity contribution in [1.82, 2.24) is 5.32 Å². The molecule has 4 nitrogen and oxygen atoms in total. The lowest BCUT2D eigenvalue weighted by molar-refractivity contribution is -0.123. The van der Waals surface area contributed by atoms with Crippen LogP contribution in [-0.2, 0) is 4.79 Å². The van der Waals surface area contributed by atoms with Crippen molar-refractivity contribution < 1.29 is 9.53 Å². The SMILES string of the molecule is Cc1cccc(OCC(=O)NC(C)c2ccc(N3CCCC3)cc2)c1. The first-order valence-electron chi connectivity index (χ1n) is 8.95. The Morgan fingerprint density at radius 1 is 1.16 bits per heavy atom. The highest BCUT2D eigenvalue weighted by Crippen LogP contribution is 2.22. The fourth-order valence-corrected chi connectivity index (χ4v) is 3.17. The first kappa shape index (κ1) is 17.3. The van der Waals surface area contributed by atoms with Gasteiger partial charge in [0.25, 0.3) is 5.91 Å². The third kappa shape index (κ3) is 4.75. The summed E-state index contributed by atoms with van der Waals surface area (Å²) in [6.07, 6.45) is 2.55. The van der Waals surface area contributed by atoms with E-state index in [2.05, 4.69) is 34.5 Å². The summed E-state index contributed by atoms with van der Waals surface area (Å²) in [6.45, 7) is 6.31. The van der Waals surface area contributed by atoms with Gasteiger partial charge in [0.1, 0.15) is 5.75 Å². The van der Waals surface area contributed by atoms with Gasteiger partial charge in [0.2, 0.25) is 0 Å². The predicted octanol–water partition coefficient (Wildman–Crippen LogP) is 3.85. The average molecular weight is 338 g/mol. The normalized spacial score (nSPS) is 15.0. The molecule has 0 saturated carbocycles. The number of rotatable bonds is 6. The molecule has 2 aromatic carbocycles. The highest BCUT2D eigenvalue weighted by molar-refractivity contribution is 5.78. The van der Waals surface area contributed by atoms with Crippen molar-refractivity contribution in [3.8, 4) is 5.75 Å². The second-order valence-corrected chi connectivity index (χ2v) is 6.68. The van der Waals surface area contributed by atoms with Crippen LogP contribution in [0, 0.1) is 6.92 Å². The Morgan fingerprint density at radius 3 is 2.56 bits per heavy atom. The van der Waals surface area contributed by atoms with E-state index >= 15 is 0 Å². The number of ether oxygens (including phenoxy) is 1. The summed E-state index contributed by atoms with van der Waals surface area (Å²) in [5.74, 6) is 0.607. The molecule has 0 spiro atoms. The van der Waals surface area contributed by atoms with E-state index in [9.17, 15) is 4.79 Å². The molecule has 1 aliphatic rings. The largest absolute Gasteiger partial charge is 0.484 e. The summed E-state index contributed by atoms with van der Waals surface area (Å²) >= 11 is 0. The molecule has 1 atom stereocenters. The molecule has 132 valence electrons. The smallest absolute Gasteiger partial charge is 0.258 e. The number of carbonyl (C=O) groups is 1. The van der Waals surface area contributed by atoms with Crippen molar-refractivity contribution in [3.05, 3.63) is 59.7 Å². The van der Waals surface area contributed by atoms with Crippen molar-refractivity contribution >= 4 is 11.6 Å². The van der Waals surface area contributed by atoms with Crippen LogP contribution < -0.4 is 15.0 Å². The van der Waals surface area contributed by atoms with Crippen molar-refractivity contribution in [2.45, 2.75) is 32.7 Å². The van der Waals surface area contributed by atoms with Crippen molar-refractivity contribution in [2.75, 3.05) is 24.6 Å². The molecule has 1 unspecified atom stereocenters. The zero-order valence-electron chi connectivity index (χ0n) is 15.0. The van der Waals surface area contributed by atoms with Crippen LogP contribution >= 0.6 is 0 Å². The molecule has 4 heteroatoms. The van der Waals surface area contributed by atoms with E-state index in [-0.39, 0.29) is 18.6 Å². The molecular formula is C21H26N2O2. The van der Waals surface area contributed by atoms with Gasteiger partial charge >= 0.3 is 0 Å². The van der Waals surface area contributed by atoms with E-state index in [4.69, 9.17) is 4.74 Å². The van der Waals surface area contributed by atoms with Gasteiger partial charge in [-0.1, -0.05) is 24.3 Å². The molecule has 0 bridgehead atoms. The molecule has 1 N–H and O–H groups in total. The number of anilines is 1. The van der Waals surface area contributed by atoms with E-state index in [1.807, 2.05) is 38.1 Å². The summed E-state index contributed by atoms with van der Waals surface area (Å²) in [6, 6.07) is 16.2. The van der Waals surface area contributed by atoms with Crippen molar-refractivity contribution in [3.63, 3.8) is 0 Å². The van der Waals surface area contributed by atoms with E-state index in [0.29, 0.717) is 0 Å². The Kier molecular flexibility index (Phi) is 5.59. The van der Waals surface area contributed by atoms with Gasteiger partial charge in [-0.15, -0.1) is 0 Å². The van der Waals surface area contributed by atoms with Crippen molar-refractivity contribution in [1.29, 1.82) is 0 Å². The highest BCUT2D eigenvalue weighted by atomic mass is 16.5. The first-order valence-corrected chi connectivity index (χ1v) is 8.95. The predicted molar refractivity (Wildman–Crippen MR) is 101 cm³/mol. The lowest BCUT2D eigenvalue weighted by atomic mass is 10.1. The second-order valence-electron chi connectivity index (χ2n) is 6.68. The number of hydrogen-bond donors (Lipinski definition) is 1. The van der Waals surface area contributed by atoms with Crippen LogP contribution in [0.25, 0.3) is 0 Å². The molecule has 0 aliphatic carbocycles. The van der Waals surface area contributed by atoms with E-state index in [1.165, 1.54) is 18.5 Å². The first-order chi connectivity index (χ1) is 12.1. The van der Waals surface area contributed by atoms with Gasteiger partial charge in [0, 0.05) is 18.8 Å². The summed E-state index contributed by atoms with van der Waals surface area (Å²) in [5, 5.41) is 2.99. The van der Waals surface area contributed by atoms with Crippen LogP contribution in [0.4, 0.5) is 5.69 Å². The Balaban J connectivity index is 1.50. The molecule has 1 aliphatic heterocycles. The van der Waals surface area contributed by atoms with Gasteiger partial charge in [-0.3, -0.25) is 4.79 Å². The zero-order chi connectivity index (χ0) is 17.6. The maximum Gasteiger partial charge on any atom is 0.258 e. The topological polar surface area (TPSA) is 41.6 Å². The fourth-order valence-electron chi connectivity index (χ4n) is 3.17. The van der Waals surface area contributed by atoms with E-state index < -0.39 is 0 Å². The quantitative estimate of drug-likeness (QED) is 0.870. The lowest BCUT2D eigenvalue weighted by Gasteiger charge is -2.19. The third-order valence-corrected chi connectivity index (χ3v) is 4.60. The van der Waals surface area contributed by atoms with Gasteiger partial charge in [0.15, 0.2) is 6.61 Å². The number of nitrogens with zero attached hydrogens (tertiary/aromatic N) is 1. The maximum atomic E-state index is 12.1. The molecule has 1 fully saturated rings. The number of aryl methyl sites for hydroxylation is 1. The van der Waals surface area contributed by atoms with Crippen LogP contribution in [0.5, 0.6) is 5.75 Å².